The van der Waals surface area contributed by atoms with Gasteiger partial charge in [0.05, 0.1) is 12.7 Å². The van der Waals surface area contributed by atoms with Crippen molar-refractivity contribution in [2.75, 3.05) is 13.2 Å². The van der Waals surface area contributed by atoms with Crippen LogP contribution in [0.25, 0.3) is 0 Å². The van der Waals surface area contributed by atoms with Gasteiger partial charge in [-0.05, 0) is 24.6 Å². The van der Waals surface area contributed by atoms with Gasteiger partial charge in [-0.25, -0.2) is 0 Å². The second-order valence-corrected chi connectivity index (χ2v) is 5.29. The Hall–Kier alpha value is -2.66. The van der Waals surface area contributed by atoms with Crippen LogP contribution in [0, 0.1) is 5.92 Å². The first-order valence-electron chi connectivity index (χ1n) is 7.86. The van der Waals surface area contributed by atoms with Crippen LogP contribution in [0.2, 0.25) is 0 Å². The van der Waals surface area contributed by atoms with Gasteiger partial charge in [0.2, 0.25) is 0 Å². The van der Waals surface area contributed by atoms with Gasteiger partial charge in [0.1, 0.15) is 5.92 Å². The number of benzene rings is 2. The lowest BCUT2D eigenvalue weighted by atomic mass is 9.95. The molecule has 24 heavy (non-hydrogen) atoms. The van der Waals surface area contributed by atoms with Crippen molar-refractivity contribution in [3.63, 3.8) is 0 Å². The molecule has 0 aliphatic rings. The van der Waals surface area contributed by atoms with Crippen LogP contribution in [0.4, 0.5) is 0 Å². The van der Waals surface area contributed by atoms with Crippen LogP contribution < -0.4 is 5.32 Å². The predicted octanol–water partition coefficient (Wildman–Crippen LogP) is 2.33. The lowest BCUT2D eigenvalue weighted by molar-refractivity contribution is -0.151. The van der Waals surface area contributed by atoms with Crippen molar-refractivity contribution >= 4 is 11.9 Å². The molecule has 1 amide bonds. The highest BCUT2D eigenvalue weighted by molar-refractivity contribution is 5.94. The van der Waals surface area contributed by atoms with Crippen LogP contribution in [0.5, 0.6) is 0 Å². The Morgan fingerprint density at radius 2 is 1.62 bits per heavy atom. The molecular weight excluding hydrogens is 306 g/mol. The Bertz CT molecular complexity index is 658. The summed E-state index contributed by atoms with van der Waals surface area (Å²) in [5, 5.41) is 13.2. The van der Waals surface area contributed by atoms with Crippen molar-refractivity contribution < 1.29 is 19.4 Å². The van der Waals surface area contributed by atoms with E-state index in [0.717, 1.165) is 0 Å². The Morgan fingerprint density at radius 3 is 2.21 bits per heavy atom. The number of aliphatic hydroxyl groups excluding tert-OH is 1. The number of esters is 1. The first kappa shape index (κ1) is 17.7. The third kappa shape index (κ3) is 4.67. The summed E-state index contributed by atoms with van der Waals surface area (Å²) >= 11 is 0. The van der Waals surface area contributed by atoms with Gasteiger partial charge in [-0.2, -0.15) is 0 Å². The SMILES string of the molecule is CCOC(=O)C(CNC(=O)c1ccccc1)[C@H](O)c1ccccc1. The molecule has 0 heterocycles. The molecule has 0 fully saturated rings. The fourth-order valence-corrected chi connectivity index (χ4v) is 2.35. The third-order valence-electron chi connectivity index (χ3n) is 3.63. The largest absolute Gasteiger partial charge is 0.466 e. The Labute approximate surface area is 141 Å². The van der Waals surface area contributed by atoms with Crippen LogP contribution >= 0.6 is 0 Å². The quantitative estimate of drug-likeness (QED) is 0.765. The van der Waals surface area contributed by atoms with Crippen molar-refractivity contribution in [3.8, 4) is 0 Å². The minimum atomic E-state index is -1.05. The maximum Gasteiger partial charge on any atom is 0.313 e. The summed E-state index contributed by atoms with van der Waals surface area (Å²) in [5.74, 6) is -1.72. The zero-order valence-corrected chi connectivity index (χ0v) is 13.5. The maximum absolute atomic E-state index is 12.2. The fourth-order valence-electron chi connectivity index (χ4n) is 2.35. The number of hydrogen-bond acceptors (Lipinski definition) is 4. The average molecular weight is 327 g/mol. The zero-order valence-electron chi connectivity index (χ0n) is 13.5. The first-order valence-corrected chi connectivity index (χ1v) is 7.86. The number of ether oxygens (including phenoxy) is 1. The lowest BCUT2D eigenvalue weighted by Crippen LogP contribution is -2.37. The molecule has 0 aliphatic heterocycles. The van der Waals surface area contributed by atoms with Gasteiger partial charge in [0.25, 0.3) is 5.91 Å². The Kier molecular flexibility index (Phi) is 6.51. The second-order valence-electron chi connectivity index (χ2n) is 5.29. The van der Waals surface area contributed by atoms with Crippen molar-refractivity contribution in [2.45, 2.75) is 13.0 Å². The number of carbonyl (C=O) groups excluding carboxylic acids is 2. The molecule has 5 nitrogen and oxygen atoms in total. The maximum atomic E-state index is 12.2. The molecule has 5 heteroatoms. The summed E-state index contributed by atoms with van der Waals surface area (Å²) in [6.45, 7) is 1.90. The van der Waals surface area contributed by atoms with Crippen LogP contribution in [-0.2, 0) is 9.53 Å². The van der Waals surface area contributed by atoms with E-state index in [1.54, 1.807) is 55.5 Å². The van der Waals surface area contributed by atoms with Gasteiger partial charge in [0.15, 0.2) is 0 Å². The monoisotopic (exact) mass is 327 g/mol. The van der Waals surface area contributed by atoms with Gasteiger partial charge >= 0.3 is 5.97 Å². The molecule has 0 saturated heterocycles. The molecule has 0 radical (unpaired) electrons. The molecule has 0 saturated carbocycles. The van der Waals surface area contributed by atoms with E-state index in [2.05, 4.69) is 5.32 Å². The molecule has 0 bridgehead atoms. The molecule has 2 aromatic rings. The number of amides is 1. The molecule has 126 valence electrons. The van der Waals surface area contributed by atoms with Gasteiger partial charge in [-0.15, -0.1) is 0 Å². The summed E-state index contributed by atoms with van der Waals surface area (Å²) in [4.78, 5) is 24.3. The van der Waals surface area contributed by atoms with E-state index in [9.17, 15) is 14.7 Å². The number of rotatable bonds is 7. The molecule has 2 aromatic carbocycles. The highest BCUT2D eigenvalue weighted by Gasteiger charge is 2.29. The van der Waals surface area contributed by atoms with E-state index >= 15 is 0 Å². The smallest absolute Gasteiger partial charge is 0.313 e. The van der Waals surface area contributed by atoms with E-state index < -0.39 is 18.0 Å². The van der Waals surface area contributed by atoms with Crippen LogP contribution in [0.15, 0.2) is 60.7 Å². The molecule has 2 N–H and O–H groups in total. The van der Waals surface area contributed by atoms with Crippen LogP contribution in [-0.4, -0.2) is 30.1 Å². The van der Waals surface area contributed by atoms with Gasteiger partial charge in [0, 0.05) is 12.1 Å². The number of nitrogens with one attached hydrogen (secondary N) is 1. The summed E-state index contributed by atoms with van der Waals surface area (Å²) in [6.07, 6.45) is -1.05. The highest BCUT2D eigenvalue weighted by atomic mass is 16.5. The van der Waals surface area contributed by atoms with Gasteiger partial charge in [-0.1, -0.05) is 48.5 Å². The summed E-state index contributed by atoms with van der Waals surface area (Å²) < 4.78 is 5.03. The molecule has 0 aromatic heterocycles. The fraction of sp³-hybridized carbons (Fsp3) is 0.263. The van der Waals surface area contributed by atoms with Crippen LogP contribution in [0.3, 0.4) is 0 Å². The average Bonchev–Trinajstić information content (AvgIpc) is 2.63. The van der Waals surface area contributed by atoms with Crippen molar-refractivity contribution in [3.05, 3.63) is 71.8 Å². The van der Waals surface area contributed by atoms with E-state index in [4.69, 9.17) is 4.74 Å². The van der Waals surface area contributed by atoms with Crippen molar-refractivity contribution in [2.24, 2.45) is 5.92 Å². The Balaban J connectivity index is 2.09. The zero-order chi connectivity index (χ0) is 17.4. The van der Waals surface area contributed by atoms with Crippen molar-refractivity contribution in [1.29, 1.82) is 0 Å². The lowest BCUT2D eigenvalue weighted by Gasteiger charge is -2.22. The highest BCUT2D eigenvalue weighted by Crippen LogP contribution is 2.23. The summed E-state index contributed by atoms with van der Waals surface area (Å²) in [7, 11) is 0. The van der Waals surface area contributed by atoms with E-state index in [1.807, 2.05) is 12.1 Å². The Morgan fingerprint density at radius 1 is 1.04 bits per heavy atom. The molecule has 0 spiro atoms. The molecule has 0 aliphatic carbocycles. The molecular formula is C19H21NO4. The summed E-state index contributed by atoms with van der Waals surface area (Å²) in [6, 6.07) is 17.6. The topological polar surface area (TPSA) is 75.6 Å². The number of hydrogen-bond donors (Lipinski definition) is 2. The van der Waals surface area contributed by atoms with E-state index in [-0.39, 0.29) is 19.1 Å². The summed E-state index contributed by atoms with van der Waals surface area (Å²) in [5.41, 5.74) is 1.10. The van der Waals surface area contributed by atoms with Gasteiger partial charge < -0.3 is 15.2 Å². The second kappa shape index (κ2) is 8.84. The molecule has 2 atom stereocenters. The minimum absolute atomic E-state index is 0.0113. The van der Waals surface area contributed by atoms with Crippen molar-refractivity contribution in [1.82, 2.24) is 5.32 Å². The molecule has 1 unspecified atom stereocenters. The molecule has 2 rings (SSSR count). The third-order valence-corrected chi connectivity index (χ3v) is 3.63. The first-order chi connectivity index (χ1) is 11.6. The predicted molar refractivity (Wildman–Crippen MR) is 90.3 cm³/mol. The minimum Gasteiger partial charge on any atom is -0.466 e. The van der Waals surface area contributed by atoms with E-state index in [1.165, 1.54) is 0 Å². The van der Waals surface area contributed by atoms with Crippen LogP contribution in [0.1, 0.15) is 28.9 Å². The normalized spacial score (nSPS) is 12.9. The van der Waals surface area contributed by atoms with Gasteiger partial charge in [-0.3, -0.25) is 9.59 Å². The number of carbonyl (C=O) groups is 2. The number of aliphatic hydroxyl groups is 1. The van der Waals surface area contributed by atoms with E-state index in [0.29, 0.717) is 11.1 Å². The standard InChI is InChI=1S/C19H21NO4/c1-2-24-19(23)16(17(21)14-9-5-3-6-10-14)13-20-18(22)15-11-7-4-8-12-15/h3-12,16-17,21H,2,13H2,1H3,(H,20,22)/t16?,17-/m1/s1.